The minimum Gasteiger partial charge on any atom is -0.356 e. The number of aryl methyl sites for hydroxylation is 1. The van der Waals surface area contributed by atoms with E-state index in [0.717, 1.165) is 54.5 Å². The van der Waals surface area contributed by atoms with Crippen molar-refractivity contribution in [2.45, 2.75) is 37.5 Å². The van der Waals surface area contributed by atoms with Gasteiger partial charge in [0.05, 0.1) is 16.3 Å². The fourth-order valence-corrected chi connectivity index (χ4v) is 6.55. The van der Waals surface area contributed by atoms with Crippen LogP contribution in [0.2, 0.25) is 5.02 Å². The minimum absolute atomic E-state index is 0.0211. The molecule has 2 aromatic carbocycles. The minimum atomic E-state index is -3.47. The van der Waals surface area contributed by atoms with Crippen LogP contribution in [0.25, 0.3) is 10.9 Å². The number of fused-ring (bicyclic) bond motifs is 1. The van der Waals surface area contributed by atoms with Crippen molar-refractivity contribution in [3.05, 3.63) is 59.1 Å². The van der Waals surface area contributed by atoms with Crippen molar-refractivity contribution >= 4 is 49.9 Å². The molecule has 0 aliphatic carbocycles. The summed E-state index contributed by atoms with van der Waals surface area (Å²) < 4.78 is 27.4. The first-order valence-electron chi connectivity index (χ1n) is 12.0. The second kappa shape index (κ2) is 9.76. The van der Waals surface area contributed by atoms with E-state index in [4.69, 9.17) is 16.6 Å². The Morgan fingerprint density at radius 1 is 1.03 bits per heavy atom. The number of halogens is 1. The fraction of sp³-hybridized carbons (Fsp3) is 0.385. The summed E-state index contributed by atoms with van der Waals surface area (Å²) in [5.41, 5.74) is 2.41. The average Bonchev–Trinajstić information content (AvgIpc) is 3.42. The molecular weight excluding hydrogens is 484 g/mol. The van der Waals surface area contributed by atoms with E-state index < -0.39 is 10.0 Å². The zero-order chi connectivity index (χ0) is 24.6. The molecule has 1 aromatic heterocycles. The van der Waals surface area contributed by atoms with Gasteiger partial charge in [-0.3, -0.25) is 4.79 Å². The average molecular weight is 513 g/mol. The summed E-state index contributed by atoms with van der Waals surface area (Å²) in [4.78, 5) is 20.2. The van der Waals surface area contributed by atoms with E-state index in [2.05, 4.69) is 10.2 Å². The van der Waals surface area contributed by atoms with Crippen molar-refractivity contribution in [3.8, 4) is 0 Å². The lowest BCUT2D eigenvalue weighted by atomic mass is 9.97. The summed E-state index contributed by atoms with van der Waals surface area (Å²) in [6.07, 6.45) is 3.52. The first-order chi connectivity index (χ1) is 16.8. The molecule has 0 unspecified atom stereocenters. The van der Waals surface area contributed by atoms with E-state index in [9.17, 15) is 13.2 Å². The van der Waals surface area contributed by atoms with Gasteiger partial charge in [0.1, 0.15) is 5.82 Å². The summed E-state index contributed by atoms with van der Waals surface area (Å²) in [6.45, 7) is 4.48. The van der Waals surface area contributed by atoms with Crippen molar-refractivity contribution in [3.63, 3.8) is 0 Å². The number of piperidine rings is 1. The van der Waals surface area contributed by atoms with Gasteiger partial charge in [0.2, 0.25) is 15.9 Å². The Bertz CT molecular complexity index is 1370. The van der Waals surface area contributed by atoms with Gasteiger partial charge in [0.25, 0.3) is 0 Å². The standard InChI is InChI=1S/C26H29ClN4O3S/c1-18-6-8-21(16-23(18)27)28-26(32)20-5-4-12-30(17-20)25-11-7-19-15-22(9-10-24(19)29-25)35(33,34)31-13-2-3-14-31/h6-11,15-16,20H,2-5,12-14,17H2,1H3,(H,28,32)/t20-/m1/s1. The molecule has 0 bridgehead atoms. The quantitative estimate of drug-likeness (QED) is 0.529. The molecule has 2 aliphatic heterocycles. The van der Waals surface area contributed by atoms with Gasteiger partial charge in [-0.25, -0.2) is 13.4 Å². The Labute approximate surface area is 211 Å². The molecule has 35 heavy (non-hydrogen) atoms. The summed E-state index contributed by atoms with van der Waals surface area (Å²) in [6, 6.07) is 14.5. The van der Waals surface area contributed by atoms with Gasteiger partial charge in [0.15, 0.2) is 0 Å². The lowest BCUT2D eigenvalue weighted by molar-refractivity contribution is -0.120. The number of carbonyl (C=O) groups is 1. The van der Waals surface area contributed by atoms with Crippen LogP contribution in [0.1, 0.15) is 31.2 Å². The van der Waals surface area contributed by atoms with Gasteiger partial charge in [0, 0.05) is 42.3 Å². The normalized spacial score (nSPS) is 19.3. The highest BCUT2D eigenvalue weighted by atomic mass is 35.5. The van der Waals surface area contributed by atoms with Crippen molar-refractivity contribution in [2.24, 2.45) is 5.92 Å². The Kier molecular flexibility index (Phi) is 6.70. The molecular formula is C26H29ClN4O3S. The number of nitrogens with one attached hydrogen (secondary N) is 1. The predicted molar refractivity (Wildman–Crippen MR) is 139 cm³/mol. The molecule has 1 N–H and O–H groups in total. The Hall–Kier alpha value is -2.68. The van der Waals surface area contributed by atoms with Crippen LogP contribution in [0.15, 0.2) is 53.4 Å². The van der Waals surface area contributed by atoms with E-state index in [1.807, 2.05) is 31.2 Å². The number of amides is 1. The maximum absolute atomic E-state index is 12.9. The Balaban J connectivity index is 1.31. The van der Waals surface area contributed by atoms with Crippen LogP contribution < -0.4 is 10.2 Å². The van der Waals surface area contributed by atoms with Crippen LogP contribution in [0.4, 0.5) is 11.5 Å². The molecule has 184 valence electrons. The van der Waals surface area contributed by atoms with Crippen molar-refractivity contribution < 1.29 is 13.2 Å². The van der Waals surface area contributed by atoms with Gasteiger partial charge in [-0.2, -0.15) is 4.31 Å². The molecule has 2 aliphatic rings. The van der Waals surface area contributed by atoms with Crippen molar-refractivity contribution in [1.29, 1.82) is 0 Å². The molecule has 0 saturated carbocycles. The number of sulfonamides is 1. The van der Waals surface area contributed by atoms with E-state index in [1.165, 1.54) is 0 Å². The monoisotopic (exact) mass is 512 g/mol. The number of aromatic nitrogens is 1. The van der Waals surface area contributed by atoms with Crippen LogP contribution in [-0.2, 0) is 14.8 Å². The smallest absolute Gasteiger partial charge is 0.243 e. The van der Waals surface area contributed by atoms with Gasteiger partial charge in [-0.1, -0.05) is 17.7 Å². The van der Waals surface area contributed by atoms with E-state index in [1.54, 1.807) is 28.6 Å². The number of rotatable bonds is 5. The number of hydrogen-bond acceptors (Lipinski definition) is 5. The highest BCUT2D eigenvalue weighted by Gasteiger charge is 2.28. The molecule has 3 heterocycles. The number of nitrogens with zero attached hydrogens (tertiary/aromatic N) is 3. The topological polar surface area (TPSA) is 82.6 Å². The lowest BCUT2D eigenvalue weighted by Crippen LogP contribution is -2.41. The number of hydrogen-bond donors (Lipinski definition) is 1. The molecule has 2 saturated heterocycles. The second-order valence-corrected chi connectivity index (χ2v) is 11.7. The fourth-order valence-electron chi connectivity index (χ4n) is 4.82. The first-order valence-corrected chi connectivity index (χ1v) is 13.9. The predicted octanol–water partition coefficient (Wildman–Crippen LogP) is 4.84. The van der Waals surface area contributed by atoms with Crippen molar-refractivity contribution in [1.82, 2.24) is 9.29 Å². The third-order valence-corrected chi connectivity index (χ3v) is 9.21. The van der Waals surface area contributed by atoms with Crippen molar-refractivity contribution in [2.75, 3.05) is 36.4 Å². The largest absolute Gasteiger partial charge is 0.356 e. The molecule has 1 atom stereocenters. The molecule has 1 amide bonds. The zero-order valence-corrected chi connectivity index (χ0v) is 21.3. The lowest BCUT2D eigenvalue weighted by Gasteiger charge is -2.33. The maximum atomic E-state index is 12.9. The van der Waals surface area contributed by atoms with Crippen LogP contribution >= 0.6 is 11.6 Å². The van der Waals surface area contributed by atoms with E-state index in [-0.39, 0.29) is 11.8 Å². The second-order valence-electron chi connectivity index (χ2n) is 9.37. The molecule has 2 fully saturated rings. The number of anilines is 2. The Morgan fingerprint density at radius 2 is 1.83 bits per heavy atom. The number of pyridine rings is 1. The SMILES string of the molecule is Cc1ccc(NC(=O)[C@@H]2CCCN(c3ccc4cc(S(=O)(=O)N5CCCC5)ccc4n3)C2)cc1Cl. The molecule has 9 heteroatoms. The summed E-state index contributed by atoms with van der Waals surface area (Å²) in [5.74, 6) is 0.616. The number of carbonyl (C=O) groups excluding carboxylic acids is 1. The van der Waals surface area contributed by atoms with Gasteiger partial charge < -0.3 is 10.2 Å². The highest BCUT2D eigenvalue weighted by molar-refractivity contribution is 7.89. The van der Waals surface area contributed by atoms with E-state index in [0.29, 0.717) is 35.2 Å². The van der Waals surface area contributed by atoms with E-state index >= 15 is 0 Å². The van der Waals surface area contributed by atoms with Gasteiger partial charge in [-0.05, 0) is 80.6 Å². The van der Waals surface area contributed by atoms with Crippen LogP contribution in [-0.4, -0.2) is 49.8 Å². The summed E-state index contributed by atoms with van der Waals surface area (Å²) in [5, 5.41) is 4.41. The molecule has 0 radical (unpaired) electrons. The van der Waals surface area contributed by atoms with Gasteiger partial charge >= 0.3 is 0 Å². The van der Waals surface area contributed by atoms with Gasteiger partial charge in [-0.15, -0.1) is 0 Å². The Morgan fingerprint density at radius 3 is 2.60 bits per heavy atom. The molecule has 7 nitrogen and oxygen atoms in total. The van der Waals surface area contributed by atoms with Crippen LogP contribution in [0.5, 0.6) is 0 Å². The third-order valence-electron chi connectivity index (χ3n) is 6.90. The summed E-state index contributed by atoms with van der Waals surface area (Å²) >= 11 is 6.20. The number of benzene rings is 2. The summed E-state index contributed by atoms with van der Waals surface area (Å²) in [7, 11) is -3.47. The van der Waals surface area contributed by atoms with Crippen LogP contribution in [0.3, 0.4) is 0 Å². The maximum Gasteiger partial charge on any atom is 0.243 e. The molecule has 5 rings (SSSR count). The first kappa shape index (κ1) is 24.0. The molecule has 3 aromatic rings. The zero-order valence-electron chi connectivity index (χ0n) is 19.7. The highest BCUT2D eigenvalue weighted by Crippen LogP contribution is 2.28. The molecule has 0 spiro atoms. The van der Waals surface area contributed by atoms with Crippen LogP contribution in [0, 0.1) is 12.8 Å². The third kappa shape index (κ3) is 5.01.